The van der Waals surface area contributed by atoms with E-state index in [1.807, 2.05) is 6.07 Å². The Balaban J connectivity index is 2.21. The van der Waals surface area contributed by atoms with Crippen molar-refractivity contribution >= 4 is 27.5 Å². The number of hydrogen-bond acceptors (Lipinski definition) is 3. The van der Waals surface area contributed by atoms with Gasteiger partial charge >= 0.3 is 5.97 Å². The highest BCUT2D eigenvalue weighted by Gasteiger charge is 2.12. The maximum absolute atomic E-state index is 11.0. The molecule has 100 valence electrons. The summed E-state index contributed by atoms with van der Waals surface area (Å²) in [6.45, 7) is 4.13. The second-order valence-electron chi connectivity index (χ2n) is 4.77. The van der Waals surface area contributed by atoms with Crippen LogP contribution in [0.3, 0.4) is 0 Å². The molecule has 1 aromatic heterocycles. The Morgan fingerprint density at radius 2 is 1.85 bits per heavy atom. The zero-order chi connectivity index (χ0) is 14.3. The number of aromatic nitrogens is 1. The number of carboxylic acid groups (broad SMARTS) is 1. The standard InChI is InChI=1S/C16H13NO2S/c1-9-4-3-5-10(2)14(9)15-17-12-7-6-11(16(18)19)8-13(12)20-15/h3-8H,1-2H3,(H,18,19). The van der Waals surface area contributed by atoms with Crippen LogP contribution in [0.25, 0.3) is 20.8 Å². The summed E-state index contributed by atoms with van der Waals surface area (Å²) in [6, 6.07) is 11.2. The van der Waals surface area contributed by atoms with Crippen LogP contribution in [-0.2, 0) is 0 Å². The van der Waals surface area contributed by atoms with Crippen LogP contribution in [0.4, 0.5) is 0 Å². The lowest BCUT2D eigenvalue weighted by Gasteiger charge is -2.05. The van der Waals surface area contributed by atoms with Crippen molar-refractivity contribution in [2.75, 3.05) is 0 Å². The molecule has 1 N–H and O–H groups in total. The molecule has 20 heavy (non-hydrogen) atoms. The minimum Gasteiger partial charge on any atom is -0.478 e. The Bertz CT molecular complexity index is 800. The van der Waals surface area contributed by atoms with Gasteiger partial charge in [0.1, 0.15) is 5.01 Å². The molecule has 4 heteroatoms. The fourth-order valence-corrected chi connectivity index (χ4v) is 3.50. The number of benzene rings is 2. The molecule has 1 heterocycles. The molecule has 3 nitrogen and oxygen atoms in total. The van der Waals surface area contributed by atoms with E-state index in [0.29, 0.717) is 5.56 Å². The second kappa shape index (κ2) is 4.72. The van der Waals surface area contributed by atoms with Gasteiger partial charge in [0.15, 0.2) is 0 Å². The molecule has 0 aliphatic carbocycles. The Kier molecular flexibility index (Phi) is 3.03. The molecule has 2 aromatic carbocycles. The first-order valence-corrected chi connectivity index (χ1v) is 7.08. The van der Waals surface area contributed by atoms with Crippen LogP contribution >= 0.6 is 11.3 Å². The van der Waals surface area contributed by atoms with E-state index in [1.54, 1.807) is 18.2 Å². The average molecular weight is 283 g/mol. The monoisotopic (exact) mass is 283 g/mol. The third-order valence-electron chi connectivity index (χ3n) is 3.33. The normalized spacial score (nSPS) is 10.9. The maximum atomic E-state index is 11.0. The van der Waals surface area contributed by atoms with Crippen LogP contribution in [0.2, 0.25) is 0 Å². The summed E-state index contributed by atoms with van der Waals surface area (Å²) >= 11 is 1.54. The Labute approximate surface area is 120 Å². The van der Waals surface area contributed by atoms with Crippen LogP contribution < -0.4 is 0 Å². The number of aromatic carboxylic acids is 1. The van der Waals surface area contributed by atoms with E-state index in [-0.39, 0.29) is 0 Å². The van der Waals surface area contributed by atoms with Gasteiger partial charge in [0.25, 0.3) is 0 Å². The zero-order valence-electron chi connectivity index (χ0n) is 11.2. The van der Waals surface area contributed by atoms with E-state index < -0.39 is 5.97 Å². The number of carbonyl (C=O) groups is 1. The van der Waals surface area contributed by atoms with Crippen LogP contribution in [0, 0.1) is 13.8 Å². The van der Waals surface area contributed by atoms with Crippen molar-refractivity contribution in [2.45, 2.75) is 13.8 Å². The first kappa shape index (κ1) is 12.8. The predicted octanol–water partition coefficient (Wildman–Crippen LogP) is 4.28. The molecule has 0 saturated carbocycles. The molecule has 0 saturated heterocycles. The van der Waals surface area contributed by atoms with Crippen molar-refractivity contribution in [1.82, 2.24) is 4.98 Å². The minimum absolute atomic E-state index is 0.300. The van der Waals surface area contributed by atoms with E-state index in [4.69, 9.17) is 5.11 Å². The lowest BCUT2D eigenvalue weighted by Crippen LogP contribution is -1.94. The molecule has 0 atom stereocenters. The van der Waals surface area contributed by atoms with Gasteiger partial charge in [-0.25, -0.2) is 9.78 Å². The summed E-state index contributed by atoms with van der Waals surface area (Å²) in [5.41, 5.74) is 4.66. The Morgan fingerprint density at radius 3 is 2.50 bits per heavy atom. The lowest BCUT2D eigenvalue weighted by molar-refractivity contribution is 0.0697. The quantitative estimate of drug-likeness (QED) is 0.763. The Hall–Kier alpha value is -2.20. The van der Waals surface area contributed by atoms with Crippen LogP contribution in [0.5, 0.6) is 0 Å². The zero-order valence-corrected chi connectivity index (χ0v) is 12.0. The highest BCUT2D eigenvalue weighted by Crippen LogP contribution is 2.34. The van der Waals surface area contributed by atoms with Crippen molar-refractivity contribution < 1.29 is 9.90 Å². The highest BCUT2D eigenvalue weighted by molar-refractivity contribution is 7.21. The fraction of sp³-hybridized carbons (Fsp3) is 0.125. The van der Waals surface area contributed by atoms with Gasteiger partial charge < -0.3 is 5.11 Å². The third kappa shape index (κ3) is 2.08. The number of nitrogens with zero attached hydrogens (tertiary/aromatic N) is 1. The number of aryl methyl sites for hydroxylation is 2. The van der Waals surface area contributed by atoms with Crippen LogP contribution in [-0.4, -0.2) is 16.1 Å². The molecular weight excluding hydrogens is 270 g/mol. The van der Waals surface area contributed by atoms with Crippen molar-refractivity contribution in [1.29, 1.82) is 0 Å². The number of carboxylic acids is 1. The molecule has 0 aliphatic heterocycles. The predicted molar refractivity (Wildman–Crippen MR) is 81.5 cm³/mol. The van der Waals surface area contributed by atoms with Crippen molar-refractivity contribution in [3.8, 4) is 10.6 Å². The van der Waals surface area contributed by atoms with Gasteiger partial charge in [-0.05, 0) is 43.2 Å². The van der Waals surface area contributed by atoms with E-state index in [0.717, 1.165) is 20.8 Å². The first-order valence-electron chi connectivity index (χ1n) is 6.27. The van der Waals surface area contributed by atoms with E-state index in [9.17, 15) is 4.79 Å². The molecular formula is C16H13NO2S. The summed E-state index contributed by atoms with van der Waals surface area (Å²) in [4.78, 5) is 15.6. The summed E-state index contributed by atoms with van der Waals surface area (Å²) in [6.07, 6.45) is 0. The SMILES string of the molecule is Cc1cccc(C)c1-c1nc2ccc(C(=O)O)cc2s1. The van der Waals surface area contributed by atoms with Gasteiger partial charge in [-0.15, -0.1) is 11.3 Å². The maximum Gasteiger partial charge on any atom is 0.335 e. The topological polar surface area (TPSA) is 50.2 Å². The van der Waals surface area contributed by atoms with Gasteiger partial charge in [0, 0.05) is 5.56 Å². The Morgan fingerprint density at radius 1 is 1.15 bits per heavy atom. The third-order valence-corrected chi connectivity index (χ3v) is 4.37. The van der Waals surface area contributed by atoms with Crippen LogP contribution in [0.15, 0.2) is 36.4 Å². The molecule has 0 bridgehead atoms. The summed E-state index contributed by atoms with van der Waals surface area (Å²) in [5, 5.41) is 9.98. The molecule has 0 unspecified atom stereocenters. The van der Waals surface area contributed by atoms with Gasteiger partial charge in [0.2, 0.25) is 0 Å². The molecule has 0 radical (unpaired) electrons. The summed E-state index contributed by atoms with van der Waals surface area (Å²) in [7, 11) is 0. The van der Waals surface area contributed by atoms with Crippen molar-refractivity contribution in [3.05, 3.63) is 53.1 Å². The minimum atomic E-state index is -0.908. The molecule has 0 spiro atoms. The number of fused-ring (bicyclic) bond motifs is 1. The van der Waals surface area contributed by atoms with Crippen molar-refractivity contribution in [3.63, 3.8) is 0 Å². The molecule has 0 fully saturated rings. The summed E-state index contributed by atoms with van der Waals surface area (Å²) in [5.74, 6) is -0.908. The van der Waals surface area contributed by atoms with Gasteiger partial charge in [-0.3, -0.25) is 0 Å². The number of thiazole rings is 1. The van der Waals surface area contributed by atoms with E-state index in [2.05, 4.69) is 31.0 Å². The smallest absolute Gasteiger partial charge is 0.335 e. The average Bonchev–Trinajstić information content (AvgIpc) is 2.80. The van der Waals surface area contributed by atoms with E-state index >= 15 is 0 Å². The number of hydrogen-bond donors (Lipinski definition) is 1. The van der Waals surface area contributed by atoms with Crippen molar-refractivity contribution in [2.24, 2.45) is 0 Å². The van der Waals surface area contributed by atoms with E-state index in [1.165, 1.54) is 22.5 Å². The van der Waals surface area contributed by atoms with Gasteiger partial charge in [-0.1, -0.05) is 18.2 Å². The van der Waals surface area contributed by atoms with Gasteiger partial charge in [0.05, 0.1) is 15.8 Å². The first-order chi connectivity index (χ1) is 9.56. The largest absolute Gasteiger partial charge is 0.478 e. The molecule has 3 aromatic rings. The lowest BCUT2D eigenvalue weighted by atomic mass is 10.0. The van der Waals surface area contributed by atoms with Gasteiger partial charge in [-0.2, -0.15) is 0 Å². The molecule has 0 aliphatic rings. The molecule has 0 amide bonds. The highest BCUT2D eigenvalue weighted by atomic mass is 32.1. The molecule has 3 rings (SSSR count). The number of rotatable bonds is 2. The second-order valence-corrected chi connectivity index (χ2v) is 5.80. The van der Waals surface area contributed by atoms with Crippen LogP contribution in [0.1, 0.15) is 21.5 Å². The summed E-state index contributed by atoms with van der Waals surface area (Å²) < 4.78 is 0.905. The fourth-order valence-electron chi connectivity index (χ4n) is 2.32.